The van der Waals surface area contributed by atoms with Crippen molar-refractivity contribution >= 4 is 34.4 Å². The topological polar surface area (TPSA) is 108 Å². The van der Waals surface area contributed by atoms with E-state index >= 15 is 0 Å². The van der Waals surface area contributed by atoms with Crippen molar-refractivity contribution in [2.24, 2.45) is 0 Å². The highest BCUT2D eigenvalue weighted by molar-refractivity contribution is 6.36. The Morgan fingerprint density at radius 2 is 1.62 bits per heavy atom. The van der Waals surface area contributed by atoms with Crippen molar-refractivity contribution in [1.29, 1.82) is 0 Å². The number of anilines is 2. The lowest BCUT2D eigenvalue weighted by molar-refractivity contribution is -0.384. The van der Waals surface area contributed by atoms with E-state index in [0.29, 0.717) is 11.3 Å². The van der Waals surface area contributed by atoms with E-state index in [4.69, 9.17) is 4.74 Å². The third kappa shape index (κ3) is 4.78. The van der Waals surface area contributed by atoms with Crippen molar-refractivity contribution in [3.8, 4) is 0 Å². The standard InChI is InChI=1S/C24H27N5O5/c1-26-11-13-27(14-12-26)19-9-5-18(6-10-19)25-22-21(17-3-7-20(8-4-17)29(32)33)23(30)28(24(22)31)15-16-34-2/h3-10,25H,11-16H2,1-2H3. The number of amides is 2. The summed E-state index contributed by atoms with van der Waals surface area (Å²) in [6, 6.07) is 13.3. The molecule has 1 saturated heterocycles. The number of piperazine rings is 1. The van der Waals surface area contributed by atoms with Crippen LogP contribution in [0.15, 0.2) is 54.2 Å². The summed E-state index contributed by atoms with van der Waals surface area (Å²) in [7, 11) is 3.60. The van der Waals surface area contributed by atoms with E-state index in [1.165, 1.54) is 31.4 Å². The van der Waals surface area contributed by atoms with Crippen molar-refractivity contribution < 1.29 is 19.2 Å². The van der Waals surface area contributed by atoms with Crippen molar-refractivity contribution in [2.45, 2.75) is 0 Å². The van der Waals surface area contributed by atoms with Gasteiger partial charge in [0.05, 0.1) is 23.6 Å². The first-order chi connectivity index (χ1) is 16.4. The molecule has 0 bridgehead atoms. The summed E-state index contributed by atoms with van der Waals surface area (Å²) in [6.45, 7) is 4.20. The van der Waals surface area contributed by atoms with Crippen LogP contribution >= 0.6 is 0 Å². The molecule has 0 spiro atoms. The molecular weight excluding hydrogens is 438 g/mol. The lowest BCUT2D eigenvalue weighted by Crippen LogP contribution is -2.44. The maximum Gasteiger partial charge on any atom is 0.278 e. The number of nitrogens with one attached hydrogen (secondary N) is 1. The fourth-order valence-electron chi connectivity index (χ4n) is 4.06. The van der Waals surface area contributed by atoms with Crippen LogP contribution in [0.4, 0.5) is 17.1 Å². The fourth-order valence-corrected chi connectivity index (χ4v) is 4.06. The van der Waals surface area contributed by atoms with Crippen LogP contribution in [0.2, 0.25) is 0 Å². The minimum absolute atomic E-state index is 0.0913. The average molecular weight is 466 g/mol. The zero-order valence-electron chi connectivity index (χ0n) is 19.2. The van der Waals surface area contributed by atoms with Crippen LogP contribution in [0.3, 0.4) is 0 Å². The zero-order chi connectivity index (χ0) is 24.2. The quantitative estimate of drug-likeness (QED) is 0.359. The SMILES string of the molecule is COCCN1C(=O)C(Nc2ccc(N3CCN(C)CC3)cc2)=C(c2ccc([N+](=O)[O-])cc2)C1=O. The summed E-state index contributed by atoms with van der Waals surface area (Å²) in [5.41, 5.74) is 2.43. The number of rotatable bonds is 8. The number of benzene rings is 2. The number of nitrogens with zero attached hydrogens (tertiary/aromatic N) is 4. The van der Waals surface area contributed by atoms with Gasteiger partial charge in [-0.05, 0) is 49.0 Å². The molecule has 0 saturated carbocycles. The molecule has 2 aliphatic heterocycles. The molecule has 1 N–H and O–H groups in total. The Labute approximate surface area is 197 Å². The molecule has 0 unspecified atom stereocenters. The number of carbonyl (C=O) groups is 2. The van der Waals surface area contributed by atoms with Gasteiger partial charge in [0.1, 0.15) is 5.70 Å². The first-order valence-corrected chi connectivity index (χ1v) is 11.0. The Kier molecular flexibility index (Phi) is 6.90. The van der Waals surface area contributed by atoms with E-state index in [1.807, 2.05) is 24.3 Å². The van der Waals surface area contributed by atoms with Crippen molar-refractivity contribution in [3.05, 3.63) is 69.9 Å². The van der Waals surface area contributed by atoms with Gasteiger partial charge in [0.15, 0.2) is 0 Å². The van der Waals surface area contributed by atoms with Crippen molar-refractivity contribution in [3.63, 3.8) is 0 Å². The van der Waals surface area contributed by atoms with Crippen LogP contribution in [0.1, 0.15) is 5.56 Å². The Morgan fingerprint density at radius 1 is 0.971 bits per heavy atom. The van der Waals surface area contributed by atoms with Crippen molar-refractivity contribution in [1.82, 2.24) is 9.80 Å². The number of hydrogen-bond acceptors (Lipinski definition) is 8. The maximum absolute atomic E-state index is 13.1. The van der Waals surface area contributed by atoms with Crippen molar-refractivity contribution in [2.75, 3.05) is 63.7 Å². The molecule has 0 aliphatic carbocycles. The number of nitro groups is 1. The van der Waals surface area contributed by atoms with Crippen LogP contribution in [0, 0.1) is 10.1 Å². The normalized spacial score (nSPS) is 17.0. The molecule has 1 fully saturated rings. The van der Waals surface area contributed by atoms with Gasteiger partial charge in [0, 0.05) is 56.8 Å². The molecule has 2 aliphatic rings. The average Bonchev–Trinajstić information content (AvgIpc) is 3.07. The second-order valence-electron chi connectivity index (χ2n) is 8.27. The number of hydrogen-bond donors (Lipinski definition) is 1. The zero-order valence-corrected chi connectivity index (χ0v) is 19.2. The molecule has 2 aromatic carbocycles. The lowest BCUT2D eigenvalue weighted by atomic mass is 10.0. The van der Waals surface area contributed by atoms with Gasteiger partial charge in [-0.15, -0.1) is 0 Å². The summed E-state index contributed by atoms with van der Waals surface area (Å²) < 4.78 is 5.05. The van der Waals surface area contributed by atoms with Crippen LogP contribution in [0.25, 0.3) is 5.57 Å². The van der Waals surface area contributed by atoms with Crippen LogP contribution < -0.4 is 10.2 Å². The van der Waals surface area contributed by atoms with E-state index in [0.717, 1.165) is 36.8 Å². The summed E-state index contributed by atoms with van der Waals surface area (Å²) in [4.78, 5) is 42.5. The molecule has 2 heterocycles. The number of methoxy groups -OCH3 is 1. The number of carbonyl (C=O) groups excluding carboxylic acids is 2. The second kappa shape index (κ2) is 10.0. The highest BCUT2D eigenvalue weighted by Gasteiger charge is 2.39. The van der Waals surface area contributed by atoms with Crippen LogP contribution in [-0.4, -0.2) is 80.0 Å². The molecule has 178 valence electrons. The lowest BCUT2D eigenvalue weighted by Gasteiger charge is -2.34. The molecule has 2 aromatic rings. The molecular formula is C24H27N5O5. The van der Waals surface area contributed by atoms with Gasteiger partial charge in [-0.1, -0.05) is 0 Å². The Bertz CT molecular complexity index is 1110. The first kappa shape index (κ1) is 23.4. The van der Waals surface area contributed by atoms with Crippen LogP contribution in [-0.2, 0) is 14.3 Å². The third-order valence-corrected chi connectivity index (χ3v) is 6.06. The van der Waals surface area contributed by atoms with Gasteiger partial charge in [-0.2, -0.15) is 0 Å². The van der Waals surface area contributed by atoms with Gasteiger partial charge in [0.25, 0.3) is 17.5 Å². The minimum Gasteiger partial charge on any atom is -0.383 e. The second-order valence-corrected chi connectivity index (χ2v) is 8.27. The number of nitro benzene ring substituents is 1. The number of imide groups is 1. The van der Waals surface area contributed by atoms with E-state index in [1.54, 1.807) is 0 Å². The third-order valence-electron chi connectivity index (χ3n) is 6.06. The Morgan fingerprint density at radius 3 is 2.21 bits per heavy atom. The van der Waals surface area contributed by atoms with Gasteiger partial charge < -0.3 is 19.9 Å². The summed E-state index contributed by atoms with van der Waals surface area (Å²) in [5, 5.41) is 14.1. The molecule has 4 rings (SSSR count). The van der Waals surface area contributed by atoms with Gasteiger partial charge in [-0.25, -0.2) is 0 Å². The highest BCUT2D eigenvalue weighted by atomic mass is 16.6. The summed E-state index contributed by atoms with van der Waals surface area (Å²) in [6.07, 6.45) is 0. The number of non-ortho nitro benzene ring substituents is 1. The minimum atomic E-state index is -0.508. The Balaban J connectivity index is 1.62. The molecule has 10 nitrogen and oxygen atoms in total. The van der Waals surface area contributed by atoms with Gasteiger partial charge in [-0.3, -0.25) is 24.6 Å². The number of likely N-dealkylation sites (N-methyl/N-ethyl adjacent to an activating group) is 1. The van der Waals surface area contributed by atoms with E-state index in [9.17, 15) is 19.7 Å². The van der Waals surface area contributed by atoms with E-state index < -0.39 is 16.7 Å². The summed E-state index contributed by atoms with van der Waals surface area (Å²) >= 11 is 0. The number of ether oxygens (including phenoxy) is 1. The van der Waals surface area contributed by atoms with Gasteiger partial charge in [0.2, 0.25) is 0 Å². The van der Waals surface area contributed by atoms with E-state index in [-0.39, 0.29) is 30.1 Å². The summed E-state index contributed by atoms with van der Waals surface area (Å²) in [5.74, 6) is -0.925. The monoisotopic (exact) mass is 465 g/mol. The molecule has 0 aromatic heterocycles. The fraction of sp³-hybridized carbons (Fsp3) is 0.333. The first-order valence-electron chi connectivity index (χ1n) is 11.0. The predicted octanol–water partition coefficient (Wildman–Crippen LogP) is 2.18. The van der Waals surface area contributed by atoms with E-state index in [2.05, 4.69) is 22.2 Å². The molecule has 0 radical (unpaired) electrons. The Hall–Kier alpha value is -3.76. The predicted molar refractivity (Wildman–Crippen MR) is 128 cm³/mol. The maximum atomic E-state index is 13.1. The van der Waals surface area contributed by atoms with Crippen LogP contribution in [0.5, 0.6) is 0 Å². The largest absolute Gasteiger partial charge is 0.383 e. The molecule has 2 amide bonds. The smallest absolute Gasteiger partial charge is 0.278 e. The molecule has 34 heavy (non-hydrogen) atoms. The molecule has 10 heteroatoms. The van der Waals surface area contributed by atoms with Gasteiger partial charge >= 0.3 is 0 Å². The highest BCUT2D eigenvalue weighted by Crippen LogP contribution is 2.32. The molecule has 0 atom stereocenters.